The Morgan fingerprint density at radius 3 is 2.69 bits per heavy atom. The quantitative estimate of drug-likeness (QED) is 0.218. The number of nitriles is 1. The third-order valence-corrected chi connectivity index (χ3v) is 4.84. The number of para-hydroxylation sites is 1. The Morgan fingerprint density at radius 1 is 1.24 bits per heavy atom. The van der Waals surface area contributed by atoms with Gasteiger partial charge < -0.3 is 9.73 Å². The zero-order valence-corrected chi connectivity index (χ0v) is 16.9. The first-order chi connectivity index (χ1) is 13.9. The van der Waals surface area contributed by atoms with Crippen molar-refractivity contribution in [2.24, 2.45) is 0 Å². The van der Waals surface area contributed by atoms with E-state index in [-0.39, 0.29) is 22.0 Å². The van der Waals surface area contributed by atoms with Gasteiger partial charge in [-0.2, -0.15) is 5.26 Å². The number of rotatable bonds is 5. The molecule has 0 saturated carbocycles. The lowest BCUT2D eigenvalue weighted by Gasteiger charge is -2.05. The van der Waals surface area contributed by atoms with Crippen molar-refractivity contribution in [1.29, 1.82) is 5.26 Å². The topological polar surface area (TPSA) is 109 Å². The largest absolute Gasteiger partial charge is 0.457 e. The lowest BCUT2D eigenvalue weighted by Crippen LogP contribution is -2.13. The molecule has 0 aliphatic carbocycles. The number of nitro groups is 1. The van der Waals surface area contributed by atoms with E-state index >= 15 is 0 Å². The molecule has 0 spiro atoms. The number of halogens is 2. The fraction of sp³-hybridized carbons (Fsp3) is 0. The second-order valence-corrected chi connectivity index (χ2v) is 6.99. The molecule has 0 unspecified atom stereocenters. The van der Waals surface area contributed by atoms with E-state index in [1.165, 1.54) is 18.2 Å². The van der Waals surface area contributed by atoms with E-state index in [4.69, 9.17) is 16.0 Å². The second kappa shape index (κ2) is 8.73. The number of benzene rings is 2. The van der Waals surface area contributed by atoms with Crippen LogP contribution in [0.25, 0.3) is 17.4 Å². The molecule has 1 aromatic heterocycles. The molecule has 0 aliphatic heterocycles. The Bertz CT molecular complexity index is 1180. The van der Waals surface area contributed by atoms with Crippen molar-refractivity contribution in [3.8, 4) is 17.4 Å². The summed E-state index contributed by atoms with van der Waals surface area (Å²) in [6.45, 7) is 0. The highest BCUT2D eigenvalue weighted by Gasteiger charge is 2.16. The van der Waals surface area contributed by atoms with Crippen molar-refractivity contribution in [2.45, 2.75) is 0 Å². The maximum Gasteiger partial charge on any atom is 0.288 e. The molecular formula is C20H11BrClN3O4. The number of hydrogen-bond donors (Lipinski definition) is 1. The lowest BCUT2D eigenvalue weighted by molar-refractivity contribution is -0.384. The maximum absolute atomic E-state index is 12.4. The summed E-state index contributed by atoms with van der Waals surface area (Å²) in [6, 6.07) is 16.2. The van der Waals surface area contributed by atoms with E-state index in [0.717, 1.165) is 0 Å². The minimum absolute atomic E-state index is 0.0148. The van der Waals surface area contributed by atoms with E-state index in [2.05, 4.69) is 21.2 Å². The minimum Gasteiger partial charge on any atom is -0.457 e. The Kier molecular flexibility index (Phi) is 6.12. The van der Waals surface area contributed by atoms with Gasteiger partial charge in [-0.05, 0) is 52.3 Å². The Labute approximate surface area is 178 Å². The summed E-state index contributed by atoms with van der Waals surface area (Å²) in [5.41, 5.74) is 0.552. The van der Waals surface area contributed by atoms with Crippen molar-refractivity contribution < 1.29 is 14.1 Å². The highest BCUT2D eigenvalue weighted by atomic mass is 79.9. The van der Waals surface area contributed by atoms with Crippen molar-refractivity contribution in [3.63, 3.8) is 0 Å². The monoisotopic (exact) mass is 471 g/mol. The number of amides is 1. The van der Waals surface area contributed by atoms with E-state index in [1.807, 2.05) is 6.07 Å². The predicted molar refractivity (Wildman–Crippen MR) is 112 cm³/mol. The molecule has 1 amide bonds. The molecule has 0 bridgehead atoms. The molecule has 0 saturated heterocycles. The Hall–Kier alpha value is -3.41. The zero-order chi connectivity index (χ0) is 21.0. The average molecular weight is 473 g/mol. The molecule has 2 aromatic carbocycles. The molecule has 9 heteroatoms. The summed E-state index contributed by atoms with van der Waals surface area (Å²) in [5, 5.41) is 23.0. The van der Waals surface area contributed by atoms with Crippen LogP contribution < -0.4 is 5.32 Å². The van der Waals surface area contributed by atoms with Gasteiger partial charge in [0.15, 0.2) is 0 Å². The first-order valence-corrected chi connectivity index (χ1v) is 9.28. The fourth-order valence-corrected chi connectivity index (χ4v) is 3.00. The van der Waals surface area contributed by atoms with E-state index in [1.54, 1.807) is 42.5 Å². The summed E-state index contributed by atoms with van der Waals surface area (Å²) in [5.74, 6) is -0.0181. The van der Waals surface area contributed by atoms with E-state index < -0.39 is 10.8 Å². The number of nitrogens with zero attached hydrogens (tertiary/aromatic N) is 2. The smallest absolute Gasteiger partial charge is 0.288 e. The lowest BCUT2D eigenvalue weighted by atomic mass is 10.1. The molecule has 1 heterocycles. The molecule has 3 rings (SSSR count). The van der Waals surface area contributed by atoms with Crippen molar-refractivity contribution >= 4 is 50.9 Å². The number of nitro benzene ring substituents is 1. The molecule has 1 N–H and O–H groups in total. The second-order valence-electron chi connectivity index (χ2n) is 5.73. The normalized spacial score (nSPS) is 11.0. The first-order valence-electron chi connectivity index (χ1n) is 8.11. The summed E-state index contributed by atoms with van der Waals surface area (Å²) < 4.78 is 6.29. The maximum atomic E-state index is 12.4. The number of furan rings is 1. The van der Waals surface area contributed by atoms with Gasteiger partial charge in [0.1, 0.15) is 28.2 Å². The molecule has 7 nitrogen and oxygen atoms in total. The summed E-state index contributed by atoms with van der Waals surface area (Å²) >= 11 is 9.14. The van der Waals surface area contributed by atoms with Crippen molar-refractivity contribution in [1.82, 2.24) is 0 Å². The van der Waals surface area contributed by atoms with Gasteiger partial charge in [0, 0.05) is 22.2 Å². The molecule has 0 aliphatic rings. The van der Waals surface area contributed by atoms with E-state index in [0.29, 0.717) is 21.5 Å². The molecule has 0 atom stereocenters. The fourth-order valence-electron chi connectivity index (χ4n) is 2.43. The predicted octanol–water partition coefficient (Wildman–Crippen LogP) is 5.82. The van der Waals surface area contributed by atoms with Crippen molar-refractivity contribution in [3.05, 3.63) is 85.5 Å². The number of anilines is 1. The van der Waals surface area contributed by atoms with Crippen LogP contribution in [0.5, 0.6) is 0 Å². The molecule has 0 fully saturated rings. The molecule has 29 heavy (non-hydrogen) atoms. The van der Waals surface area contributed by atoms with E-state index in [9.17, 15) is 20.2 Å². The van der Waals surface area contributed by atoms with Crippen molar-refractivity contribution in [2.75, 3.05) is 5.32 Å². The summed E-state index contributed by atoms with van der Waals surface area (Å²) in [6.07, 6.45) is 1.29. The van der Waals surface area contributed by atoms with Crippen LogP contribution in [0.4, 0.5) is 11.4 Å². The SMILES string of the molecule is N#CC(=Cc1ccc(-c2ccc(Cl)c([N+](=O)[O-])c2)o1)C(=O)Nc1ccccc1Br. The third kappa shape index (κ3) is 4.71. The molecular weight excluding hydrogens is 462 g/mol. The Morgan fingerprint density at radius 2 is 2.00 bits per heavy atom. The number of nitrogens with one attached hydrogen (secondary N) is 1. The molecule has 3 aromatic rings. The van der Waals surface area contributed by atoms with Crippen LogP contribution in [0.3, 0.4) is 0 Å². The highest BCUT2D eigenvalue weighted by molar-refractivity contribution is 9.10. The summed E-state index contributed by atoms with van der Waals surface area (Å²) in [7, 11) is 0. The van der Waals surface area contributed by atoms with Crippen LogP contribution in [0.1, 0.15) is 5.76 Å². The standard InChI is InChI=1S/C20H11BrClN3O4/c21-15-3-1-2-4-17(15)24-20(26)13(11-23)9-14-6-8-19(29-14)12-5-7-16(22)18(10-12)25(27)28/h1-10H,(H,24,26). The van der Waals surface area contributed by atoms with Gasteiger partial charge >= 0.3 is 0 Å². The Balaban J connectivity index is 1.85. The average Bonchev–Trinajstić information content (AvgIpc) is 3.16. The number of carbonyl (C=O) groups is 1. The zero-order valence-electron chi connectivity index (χ0n) is 14.6. The van der Waals surface area contributed by atoms with Crippen LogP contribution in [0, 0.1) is 21.4 Å². The van der Waals surface area contributed by atoms with Gasteiger partial charge in [0.05, 0.1) is 10.6 Å². The van der Waals surface area contributed by atoms with Gasteiger partial charge in [-0.25, -0.2) is 0 Å². The van der Waals surface area contributed by atoms with Crippen LogP contribution in [0.2, 0.25) is 5.02 Å². The minimum atomic E-state index is -0.598. The van der Waals surface area contributed by atoms with Gasteiger partial charge in [0.25, 0.3) is 11.6 Å². The molecule has 0 radical (unpaired) electrons. The van der Waals surface area contributed by atoms with Gasteiger partial charge in [-0.3, -0.25) is 14.9 Å². The first kappa shape index (κ1) is 20.3. The van der Waals surface area contributed by atoms with Crippen LogP contribution in [-0.4, -0.2) is 10.8 Å². The third-order valence-electron chi connectivity index (χ3n) is 3.83. The van der Waals surface area contributed by atoms with Gasteiger partial charge in [-0.15, -0.1) is 0 Å². The van der Waals surface area contributed by atoms with Crippen LogP contribution >= 0.6 is 27.5 Å². The summed E-state index contributed by atoms with van der Waals surface area (Å²) in [4.78, 5) is 22.8. The molecule has 144 valence electrons. The van der Waals surface area contributed by atoms with Gasteiger partial charge in [-0.1, -0.05) is 23.7 Å². The van der Waals surface area contributed by atoms with Crippen LogP contribution in [-0.2, 0) is 4.79 Å². The number of hydrogen-bond acceptors (Lipinski definition) is 5. The van der Waals surface area contributed by atoms with Gasteiger partial charge in [0.2, 0.25) is 0 Å². The van der Waals surface area contributed by atoms with Crippen LogP contribution in [0.15, 0.2) is 69.1 Å². The number of carbonyl (C=O) groups excluding carboxylic acids is 1. The highest BCUT2D eigenvalue weighted by Crippen LogP contribution is 2.31.